The lowest BCUT2D eigenvalue weighted by molar-refractivity contribution is 0.157. The van der Waals surface area contributed by atoms with E-state index in [2.05, 4.69) is 38.8 Å². The Morgan fingerprint density at radius 3 is 2.24 bits per heavy atom. The number of likely N-dealkylation sites (tertiary alicyclic amines) is 1. The van der Waals surface area contributed by atoms with Crippen LogP contribution in [-0.2, 0) is 21.2 Å². The molecule has 0 amide bonds. The molecular weight excluding hydrogens is 434 g/mol. The first kappa shape index (κ1) is 22.1. The molecule has 2 atom stereocenters. The minimum absolute atomic E-state index is 0.0476. The van der Waals surface area contributed by atoms with Gasteiger partial charge in [-0.05, 0) is 47.9 Å². The molecule has 2 N–H and O–H groups in total. The number of aromatic hydroxyl groups is 1. The molecule has 172 valence electrons. The van der Waals surface area contributed by atoms with Crippen LogP contribution in [-0.4, -0.2) is 47.3 Å². The Morgan fingerprint density at radius 1 is 0.939 bits per heavy atom. The third kappa shape index (κ3) is 4.68. The summed E-state index contributed by atoms with van der Waals surface area (Å²) < 4.78 is 28.6. The summed E-state index contributed by atoms with van der Waals surface area (Å²) in [5.41, 5.74) is 2.41. The van der Waals surface area contributed by atoms with Gasteiger partial charge in [-0.3, -0.25) is 4.90 Å². The van der Waals surface area contributed by atoms with E-state index in [1.807, 2.05) is 24.3 Å². The average molecular weight is 464 g/mol. The lowest BCUT2D eigenvalue weighted by Crippen LogP contribution is -2.62. The van der Waals surface area contributed by atoms with E-state index in [4.69, 9.17) is 0 Å². The summed E-state index contributed by atoms with van der Waals surface area (Å²) in [6.45, 7) is 4.80. The smallest absolute Gasteiger partial charge is 0.175 e. The molecule has 6 nitrogen and oxygen atoms in total. The van der Waals surface area contributed by atoms with Gasteiger partial charge in [0.2, 0.25) is 0 Å². The zero-order valence-electron chi connectivity index (χ0n) is 18.5. The van der Waals surface area contributed by atoms with E-state index in [0.717, 1.165) is 38.3 Å². The molecule has 5 rings (SSSR count). The van der Waals surface area contributed by atoms with Crippen molar-refractivity contribution in [3.63, 3.8) is 0 Å². The summed E-state index contributed by atoms with van der Waals surface area (Å²) in [4.78, 5) is 5.09. The number of hydrogen-bond acceptors (Lipinski definition) is 5. The first-order valence-electron chi connectivity index (χ1n) is 11.3. The Morgan fingerprint density at radius 2 is 1.58 bits per heavy atom. The SMILES string of the molecule is O=[S+]([O-])(NCC1CN(Cc2ccc(O)cc2)CC12CN(c1ccccc1)C2)c1ccccc1. The number of sulfonamides is 1. The van der Waals surface area contributed by atoms with Gasteiger partial charge in [-0.2, -0.15) is 0 Å². The van der Waals surface area contributed by atoms with Gasteiger partial charge < -0.3 is 14.6 Å². The lowest BCUT2D eigenvalue weighted by Gasteiger charge is -2.52. The molecule has 2 aliphatic rings. The van der Waals surface area contributed by atoms with Gasteiger partial charge in [0, 0.05) is 50.4 Å². The largest absolute Gasteiger partial charge is 0.593 e. The van der Waals surface area contributed by atoms with Gasteiger partial charge in [0.05, 0.1) is 0 Å². The van der Waals surface area contributed by atoms with Gasteiger partial charge in [0.1, 0.15) is 5.75 Å². The molecule has 2 aliphatic heterocycles. The highest BCUT2D eigenvalue weighted by Crippen LogP contribution is 2.46. The minimum atomic E-state index is -3.54. The molecule has 0 aliphatic carbocycles. The summed E-state index contributed by atoms with van der Waals surface area (Å²) in [6.07, 6.45) is 0. The van der Waals surface area contributed by atoms with Crippen LogP contribution in [0, 0.1) is 11.3 Å². The molecule has 0 bridgehead atoms. The van der Waals surface area contributed by atoms with E-state index < -0.39 is 10.4 Å². The first-order chi connectivity index (χ1) is 15.9. The van der Waals surface area contributed by atoms with Gasteiger partial charge >= 0.3 is 0 Å². The fourth-order valence-corrected chi connectivity index (χ4v) is 6.29. The number of rotatable bonds is 7. The second-order valence-corrected chi connectivity index (χ2v) is 11.0. The summed E-state index contributed by atoms with van der Waals surface area (Å²) in [6, 6.07) is 26.3. The van der Waals surface area contributed by atoms with Crippen LogP contribution in [0.1, 0.15) is 5.56 Å². The molecule has 0 aromatic heterocycles. The van der Waals surface area contributed by atoms with Crippen molar-refractivity contribution in [1.29, 1.82) is 0 Å². The molecule has 1 spiro atoms. The van der Waals surface area contributed by atoms with Crippen molar-refractivity contribution in [3.8, 4) is 5.75 Å². The van der Waals surface area contributed by atoms with Gasteiger partial charge in [-0.1, -0.05) is 52.7 Å². The van der Waals surface area contributed by atoms with Crippen LogP contribution in [0.25, 0.3) is 0 Å². The fraction of sp³-hybridized carbons (Fsp3) is 0.308. The molecule has 2 unspecified atom stereocenters. The average Bonchev–Trinajstić information content (AvgIpc) is 3.18. The minimum Gasteiger partial charge on any atom is -0.593 e. The summed E-state index contributed by atoms with van der Waals surface area (Å²) in [5, 5.41) is 9.58. The number of nitrogens with zero attached hydrogens (tertiary/aromatic N) is 2. The third-order valence-electron chi connectivity index (χ3n) is 6.93. The quantitative estimate of drug-likeness (QED) is 0.524. The first-order valence-corrected chi connectivity index (χ1v) is 12.8. The van der Waals surface area contributed by atoms with Crippen molar-refractivity contribution < 1.29 is 13.9 Å². The molecule has 7 heteroatoms. The second-order valence-electron chi connectivity index (χ2n) is 9.25. The third-order valence-corrected chi connectivity index (χ3v) is 8.37. The van der Waals surface area contributed by atoms with Crippen LogP contribution >= 0.6 is 0 Å². The van der Waals surface area contributed by atoms with Crippen LogP contribution in [0.2, 0.25) is 0 Å². The number of nitrogens with one attached hydrogen (secondary N) is 1. The molecule has 0 saturated carbocycles. The van der Waals surface area contributed by atoms with Crippen LogP contribution in [0.15, 0.2) is 89.8 Å². The van der Waals surface area contributed by atoms with Gasteiger partial charge in [0.25, 0.3) is 0 Å². The monoisotopic (exact) mass is 463 g/mol. The van der Waals surface area contributed by atoms with E-state index in [1.54, 1.807) is 36.4 Å². The van der Waals surface area contributed by atoms with Gasteiger partial charge in [0.15, 0.2) is 15.3 Å². The molecule has 33 heavy (non-hydrogen) atoms. The Labute approximate surface area is 196 Å². The number of phenols is 1. The molecule has 3 aromatic carbocycles. The molecule has 2 saturated heterocycles. The Bertz CT molecular complexity index is 1120. The maximum absolute atomic E-state index is 12.8. The van der Waals surface area contributed by atoms with Crippen LogP contribution in [0.4, 0.5) is 5.69 Å². The maximum Gasteiger partial charge on any atom is 0.175 e. The van der Waals surface area contributed by atoms with Crippen molar-refractivity contribution in [1.82, 2.24) is 9.62 Å². The van der Waals surface area contributed by atoms with Crippen molar-refractivity contribution in [2.45, 2.75) is 11.4 Å². The highest BCUT2D eigenvalue weighted by molar-refractivity contribution is 7.95. The van der Waals surface area contributed by atoms with E-state index in [0.29, 0.717) is 11.4 Å². The Hall–Kier alpha value is -2.71. The van der Waals surface area contributed by atoms with Gasteiger partial charge in [-0.25, -0.2) is 0 Å². The van der Waals surface area contributed by atoms with Gasteiger partial charge in [-0.15, -0.1) is 4.72 Å². The van der Waals surface area contributed by atoms with Crippen molar-refractivity contribution in [2.75, 3.05) is 37.6 Å². The maximum atomic E-state index is 12.8. The normalized spacial score (nSPS) is 21.6. The number of phenolic OH excluding ortho intramolecular Hbond substituents is 1. The number of para-hydroxylation sites is 1. The topological polar surface area (TPSA) is 78.9 Å². The van der Waals surface area contributed by atoms with E-state index in [-0.39, 0.29) is 17.1 Å². The van der Waals surface area contributed by atoms with Crippen molar-refractivity contribution in [3.05, 3.63) is 90.5 Å². The van der Waals surface area contributed by atoms with Crippen LogP contribution in [0.3, 0.4) is 0 Å². The predicted molar refractivity (Wildman–Crippen MR) is 130 cm³/mol. The number of hydrogen-bond donors (Lipinski definition) is 2. The highest BCUT2D eigenvalue weighted by Gasteiger charge is 2.54. The second kappa shape index (κ2) is 8.91. The van der Waals surface area contributed by atoms with Crippen molar-refractivity contribution >= 4 is 16.1 Å². The molecule has 3 aromatic rings. The Balaban J connectivity index is 1.31. The fourth-order valence-electron chi connectivity index (χ4n) is 5.19. The summed E-state index contributed by atoms with van der Waals surface area (Å²) in [5.74, 6) is 0.482. The zero-order valence-corrected chi connectivity index (χ0v) is 19.3. The summed E-state index contributed by atoms with van der Waals surface area (Å²) in [7, 11) is -3.54. The van der Waals surface area contributed by atoms with E-state index in [9.17, 15) is 13.9 Å². The van der Waals surface area contributed by atoms with Crippen molar-refractivity contribution in [2.24, 2.45) is 11.3 Å². The molecule has 0 radical (unpaired) electrons. The van der Waals surface area contributed by atoms with E-state index >= 15 is 0 Å². The lowest BCUT2D eigenvalue weighted by atomic mass is 9.71. The summed E-state index contributed by atoms with van der Waals surface area (Å²) >= 11 is 0. The predicted octanol–water partition coefficient (Wildman–Crippen LogP) is 3.52. The molecular formula is C26H29N3O3S. The number of benzene rings is 3. The highest BCUT2D eigenvalue weighted by atomic mass is 32.3. The van der Waals surface area contributed by atoms with Crippen LogP contribution in [0.5, 0.6) is 5.75 Å². The molecule has 2 heterocycles. The molecule has 2 fully saturated rings. The number of anilines is 1. The standard InChI is InChI=1S/C26H29N3O3S/c30-24-13-11-21(12-14-24)16-28-17-22(15-27-33(31,32)25-9-5-2-6-10-25)26(18-28)19-29(20-26)23-7-3-1-4-8-23/h1-14,22H,15-20H2,(H2-,27,30,31,32). The van der Waals surface area contributed by atoms with E-state index in [1.165, 1.54) is 5.69 Å². The zero-order chi connectivity index (χ0) is 22.9. The van der Waals surface area contributed by atoms with Crippen LogP contribution < -0.4 is 9.62 Å². The Kier molecular flexibility index (Phi) is 5.97.